The van der Waals surface area contributed by atoms with Crippen molar-refractivity contribution < 1.29 is 51.0 Å². The molecule has 0 aromatic heterocycles. The fourth-order valence-corrected chi connectivity index (χ4v) is 2.56. The average Bonchev–Trinajstić information content (AvgIpc) is 3.20. The van der Waals surface area contributed by atoms with Crippen molar-refractivity contribution in [3.63, 3.8) is 0 Å². The first-order chi connectivity index (χ1) is 10.3. The SMILES string of the molecule is Brc1ccc(-c2cc3ccccc3[cH-]2)cc1.[C-]1=CC=CC1.[Cl-].[Cl-].[Zr+4]. The molecule has 0 bridgehead atoms. The minimum absolute atomic E-state index is 0. The molecule has 0 aliphatic heterocycles. The van der Waals surface area contributed by atoms with Gasteiger partial charge in [-0.05, 0) is 0 Å². The molecule has 0 heterocycles. The Balaban J connectivity index is 0.000000578. The number of hydrogen-bond acceptors (Lipinski definition) is 0. The van der Waals surface area contributed by atoms with Crippen LogP contribution in [0.1, 0.15) is 6.42 Å². The van der Waals surface area contributed by atoms with Gasteiger partial charge in [0, 0.05) is 4.47 Å². The molecule has 1 aliphatic rings. The Morgan fingerprint density at radius 1 is 0.958 bits per heavy atom. The first kappa shape index (κ1) is 23.5. The molecule has 0 fully saturated rings. The van der Waals surface area contributed by atoms with Crippen LogP contribution in [0, 0.1) is 6.08 Å². The Kier molecular flexibility index (Phi) is 11.7. The van der Waals surface area contributed by atoms with E-state index in [9.17, 15) is 0 Å². The third-order valence-electron chi connectivity index (χ3n) is 3.38. The van der Waals surface area contributed by atoms with Crippen molar-refractivity contribution in [3.8, 4) is 11.1 Å². The average molecular weight is 497 g/mol. The van der Waals surface area contributed by atoms with E-state index in [-0.39, 0.29) is 51.0 Å². The summed E-state index contributed by atoms with van der Waals surface area (Å²) in [7, 11) is 0. The Morgan fingerprint density at radius 3 is 2.21 bits per heavy atom. The number of halogens is 3. The molecule has 4 rings (SSSR count). The maximum Gasteiger partial charge on any atom is 4.00 e. The van der Waals surface area contributed by atoms with Crippen LogP contribution < -0.4 is 24.8 Å². The number of benzene rings is 2. The van der Waals surface area contributed by atoms with Gasteiger partial charge in [-0.25, -0.2) is 12.2 Å². The van der Waals surface area contributed by atoms with Crippen molar-refractivity contribution >= 4 is 26.7 Å². The van der Waals surface area contributed by atoms with Crippen molar-refractivity contribution in [2.75, 3.05) is 0 Å². The molecule has 0 amide bonds. The molecule has 0 unspecified atom stereocenters. The maximum absolute atomic E-state index is 3.45. The van der Waals surface area contributed by atoms with Crippen LogP contribution >= 0.6 is 15.9 Å². The fourth-order valence-electron chi connectivity index (χ4n) is 2.30. The molecule has 0 spiro atoms. The van der Waals surface area contributed by atoms with Gasteiger partial charge in [-0.3, -0.25) is 6.08 Å². The van der Waals surface area contributed by atoms with Gasteiger partial charge in [0.1, 0.15) is 0 Å². The molecular weight excluding hydrogens is 482 g/mol. The predicted octanol–water partition coefficient (Wildman–Crippen LogP) is 0.299. The second-order valence-corrected chi connectivity index (χ2v) is 5.80. The van der Waals surface area contributed by atoms with Crippen molar-refractivity contribution in [2.45, 2.75) is 6.42 Å². The number of hydrogen-bond donors (Lipinski definition) is 0. The number of fused-ring (bicyclic) bond motifs is 1. The van der Waals surface area contributed by atoms with E-state index in [1.807, 2.05) is 12.2 Å². The third-order valence-corrected chi connectivity index (χ3v) is 3.91. The molecule has 1 aliphatic carbocycles. The smallest absolute Gasteiger partial charge is 1.00 e. The molecule has 0 radical (unpaired) electrons. The summed E-state index contributed by atoms with van der Waals surface area (Å²) in [5.41, 5.74) is 2.55. The van der Waals surface area contributed by atoms with E-state index in [1.165, 1.54) is 21.9 Å². The zero-order chi connectivity index (χ0) is 14.5. The van der Waals surface area contributed by atoms with Crippen molar-refractivity contribution in [1.82, 2.24) is 0 Å². The fraction of sp³-hybridized carbons (Fsp3) is 0.0500. The Bertz CT molecular complexity index is 746. The van der Waals surface area contributed by atoms with Crippen LogP contribution in [0.3, 0.4) is 0 Å². The summed E-state index contributed by atoms with van der Waals surface area (Å²) in [6.45, 7) is 0. The summed E-state index contributed by atoms with van der Waals surface area (Å²) in [5.74, 6) is 0. The van der Waals surface area contributed by atoms with Crippen molar-refractivity contribution in [2.24, 2.45) is 0 Å². The van der Waals surface area contributed by atoms with Crippen LogP contribution in [0.25, 0.3) is 21.9 Å². The zero-order valence-electron chi connectivity index (χ0n) is 12.8. The van der Waals surface area contributed by atoms with E-state index in [4.69, 9.17) is 0 Å². The second-order valence-electron chi connectivity index (χ2n) is 4.88. The van der Waals surface area contributed by atoms with Gasteiger partial charge in [0.05, 0.1) is 0 Å². The van der Waals surface area contributed by atoms with Crippen LogP contribution in [0.5, 0.6) is 0 Å². The van der Waals surface area contributed by atoms with Gasteiger partial charge in [-0.1, -0.05) is 64.0 Å². The van der Waals surface area contributed by atoms with E-state index in [1.54, 1.807) is 0 Å². The largest absolute Gasteiger partial charge is 4.00 e. The van der Waals surface area contributed by atoms with Gasteiger partial charge >= 0.3 is 26.2 Å². The topological polar surface area (TPSA) is 0 Å². The normalized spacial score (nSPS) is 10.9. The molecule has 0 atom stereocenters. The van der Waals surface area contributed by atoms with Gasteiger partial charge in [0.25, 0.3) is 0 Å². The second kappa shape index (κ2) is 11.9. The quantitative estimate of drug-likeness (QED) is 0.425. The van der Waals surface area contributed by atoms with E-state index in [2.05, 4.69) is 88.7 Å². The summed E-state index contributed by atoms with van der Waals surface area (Å²) in [5, 5.41) is 2.61. The summed E-state index contributed by atoms with van der Waals surface area (Å²) < 4.78 is 1.12. The van der Waals surface area contributed by atoms with E-state index >= 15 is 0 Å². The molecule has 24 heavy (non-hydrogen) atoms. The standard InChI is InChI=1S/C15H10Br.C5H5.2ClH.Zr/c16-15-7-5-11(6-8-15)14-9-12-3-1-2-4-13(12)10-14;1-2-4-5-3-1;;;/h1-10H;1-3H,4H2;2*1H;/q2*-1;;;+4/p-2. The summed E-state index contributed by atoms with van der Waals surface area (Å²) in [4.78, 5) is 0. The first-order valence-corrected chi connectivity index (χ1v) is 7.75. The molecular formula is C20H15BrCl2Zr. The molecule has 3 aromatic rings. The molecule has 0 saturated carbocycles. The molecule has 120 valence electrons. The molecule has 0 N–H and O–H groups in total. The van der Waals surface area contributed by atoms with Gasteiger partial charge in [-0.15, -0.1) is 41.0 Å². The van der Waals surface area contributed by atoms with Crippen molar-refractivity contribution in [3.05, 3.63) is 89.4 Å². The first-order valence-electron chi connectivity index (χ1n) is 6.96. The van der Waals surface area contributed by atoms with Crippen LogP contribution in [-0.2, 0) is 26.2 Å². The van der Waals surface area contributed by atoms with Crippen LogP contribution in [0.4, 0.5) is 0 Å². The molecule has 4 heteroatoms. The van der Waals surface area contributed by atoms with Crippen molar-refractivity contribution in [1.29, 1.82) is 0 Å². The van der Waals surface area contributed by atoms with E-state index in [0.29, 0.717) is 0 Å². The summed E-state index contributed by atoms with van der Waals surface area (Å²) >= 11 is 3.45. The minimum Gasteiger partial charge on any atom is -1.00 e. The number of rotatable bonds is 1. The van der Waals surface area contributed by atoms with Crippen LogP contribution in [0.15, 0.2) is 83.4 Å². The summed E-state index contributed by atoms with van der Waals surface area (Å²) in [6, 6.07) is 21.4. The Labute approximate surface area is 183 Å². The van der Waals surface area contributed by atoms with Gasteiger partial charge in [-0.2, -0.15) is 6.08 Å². The minimum atomic E-state index is 0. The molecule has 3 aromatic carbocycles. The van der Waals surface area contributed by atoms with Gasteiger partial charge in [0.15, 0.2) is 0 Å². The summed E-state index contributed by atoms with van der Waals surface area (Å²) in [6.07, 6.45) is 10.0. The van der Waals surface area contributed by atoms with Crippen LogP contribution in [0.2, 0.25) is 0 Å². The Morgan fingerprint density at radius 2 is 1.67 bits per heavy atom. The molecule has 0 nitrogen and oxygen atoms in total. The van der Waals surface area contributed by atoms with Gasteiger partial charge < -0.3 is 24.8 Å². The maximum atomic E-state index is 3.45. The third kappa shape index (κ3) is 6.41. The van der Waals surface area contributed by atoms with E-state index < -0.39 is 0 Å². The van der Waals surface area contributed by atoms with E-state index in [0.717, 1.165) is 10.9 Å². The zero-order valence-corrected chi connectivity index (χ0v) is 18.4. The van der Waals surface area contributed by atoms with Gasteiger partial charge in [0.2, 0.25) is 0 Å². The molecule has 0 saturated heterocycles. The van der Waals surface area contributed by atoms with Crippen LogP contribution in [-0.4, -0.2) is 0 Å². The number of allylic oxidation sites excluding steroid dienone is 4. The Hall–Kier alpha value is -0.527. The predicted molar refractivity (Wildman–Crippen MR) is 94.2 cm³/mol. The monoisotopic (exact) mass is 494 g/mol.